The largest absolute Gasteiger partial charge is 0.454 e. The van der Waals surface area contributed by atoms with Crippen LogP contribution in [-0.2, 0) is 14.3 Å². The molecule has 3 nitrogen and oxygen atoms in total. The number of rotatable bonds is 1. The van der Waals surface area contributed by atoms with E-state index in [9.17, 15) is 9.59 Å². The van der Waals surface area contributed by atoms with E-state index in [2.05, 4.69) is 13.8 Å². The molecule has 4 fully saturated rings. The highest BCUT2D eigenvalue weighted by Crippen LogP contribution is 2.61. The molecule has 0 bridgehead atoms. The topological polar surface area (TPSA) is 43.4 Å². The van der Waals surface area contributed by atoms with Crippen LogP contribution in [0.5, 0.6) is 0 Å². The number of carbonyl (C=O) groups excluding carboxylic acids is 2. The van der Waals surface area contributed by atoms with Crippen molar-refractivity contribution in [1.82, 2.24) is 0 Å². The molecular formula is C21H32O3. The Morgan fingerprint density at radius 1 is 1.08 bits per heavy atom. The van der Waals surface area contributed by atoms with Crippen LogP contribution in [0.3, 0.4) is 0 Å². The Morgan fingerprint density at radius 2 is 1.88 bits per heavy atom. The minimum atomic E-state index is -0.481. The molecule has 0 heterocycles. The molecule has 4 aliphatic carbocycles. The molecular weight excluding hydrogens is 300 g/mol. The van der Waals surface area contributed by atoms with E-state index < -0.39 is 6.10 Å². The van der Waals surface area contributed by atoms with E-state index in [1.165, 1.54) is 45.4 Å². The van der Waals surface area contributed by atoms with Gasteiger partial charge in [0.2, 0.25) is 0 Å². The van der Waals surface area contributed by atoms with E-state index in [1.54, 1.807) is 0 Å². The average molecular weight is 332 g/mol. The fraction of sp³-hybridized carbons (Fsp3) is 0.905. The van der Waals surface area contributed by atoms with Gasteiger partial charge in [0.15, 0.2) is 11.9 Å². The second-order valence-electron chi connectivity index (χ2n) is 9.64. The number of ether oxygens (including phenoxy) is 1. The molecule has 0 spiro atoms. The van der Waals surface area contributed by atoms with Crippen LogP contribution >= 0.6 is 0 Å². The second-order valence-corrected chi connectivity index (χ2v) is 9.64. The highest BCUT2D eigenvalue weighted by Gasteiger charge is 2.60. The predicted molar refractivity (Wildman–Crippen MR) is 92.2 cm³/mol. The number of ketones is 1. The summed E-state index contributed by atoms with van der Waals surface area (Å²) in [6.07, 6.45) is 9.34. The summed E-state index contributed by atoms with van der Waals surface area (Å²) in [5.41, 5.74) is -0.112. The molecule has 134 valence electrons. The highest BCUT2D eigenvalue weighted by atomic mass is 16.5. The van der Waals surface area contributed by atoms with Gasteiger partial charge in [0, 0.05) is 18.8 Å². The van der Waals surface area contributed by atoms with E-state index in [0.29, 0.717) is 18.3 Å². The Balaban J connectivity index is 1.55. The molecule has 4 aliphatic rings. The number of carbonyl (C=O) groups is 2. The van der Waals surface area contributed by atoms with Crippen LogP contribution in [0, 0.1) is 40.9 Å². The summed E-state index contributed by atoms with van der Waals surface area (Å²) in [5, 5.41) is 0. The molecule has 0 aromatic rings. The SMILES string of the molecule is CC(=O)O[C@@H]1C(=O)C[C@@H]2[C@H]3C[C@H]4CCC(C)CC4C[C@@H]3CC[C@@]12C. The van der Waals surface area contributed by atoms with Gasteiger partial charge in [-0.25, -0.2) is 0 Å². The van der Waals surface area contributed by atoms with E-state index >= 15 is 0 Å². The third kappa shape index (κ3) is 2.54. The van der Waals surface area contributed by atoms with Crippen molar-refractivity contribution in [3.8, 4) is 0 Å². The average Bonchev–Trinajstić information content (AvgIpc) is 2.77. The van der Waals surface area contributed by atoms with Crippen LogP contribution in [0.1, 0.15) is 72.1 Å². The van der Waals surface area contributed by atoms with Crippen LogP contribution in [0.4, 0.5) is 0 Å². The maximum Gasteiger partial charge on any atom is 0.303 e. The lowest BCUT2D eigenvalue weighted by Crippen LogP contribution is -2.48. The molecule has 2 unspecified atom stereocenters. The lowest BCUT2D eigenvalue weighted by Gasteiger charge is -2.54. The van der Waals surface area contributed by atoms with E-state index in [0.717, 1.165) is 30.1 Å². The monoisotopic (exact) mass is 332 g/mol. The molecule has 8 atom stereocenters. The van der Waals surface area contributed by atoms with Crippen LogP contribution in [0.15, 0.2) is 0 Å². The van der Waals surface area contributed by atoms with E-state index in [-0.39, 0.29) is 17.2 Å². The first-order valence-corrected chi connectivity index (χ1v) is 10.1. The summed E-state index contributed by atoms with van der Waals surface area (Å²) in [4.78, 5) is 24.1. The minimum absolute atomic E-state index is 0.112. The third-order valence-electron chi connectivity index (χ3n) is 8.20. The molecule has 4 saturated carbocycles. The van der Waals surface area contributed by atoms with Crippen molar-refractivity contribution in [2.75, 3.05) is 0 Å². The zero-order chi connectivity index (χ0) is 17.1. The van der Waals surface area contributed by atoms with Crippen molar-refractivity contribution in [2.45, 2.75) is 78.2 Å². The van der Waals surface area contributed by atoms with Crippen LogP contribution in [0.2, 0.25) is 0 Å². The summed E-state index contributed by atoms with van der Waals surface area (Å²) in [6.45, 7) is 6.07. The van der Waals surface area contributed by atoms with E-state index in [1.807, 2.05) is 0 Å². The number of Topliss-reactive ketones (excluding diaryl/α,β-unsaturated/α-hetero) is 1. The van der Waals surface area contributed by atoms with Gasteiger partial charge in [-0.3, -0.25) is 9.59 Å². The zero-order valence-corrected chi connectivity index (χ0v) is 15.4. The van der Waals surface area contributed by atoms with Crippen molar-refractivity contribution in [1.29, 1.82) is 0 Å². The Morgan fingerprint density at radius 3 is 2.62 bits per heavy atom. The molecule has 0 saturated heterocycles. The van der Waals surface area contributed by atoms with Gasteiger partial charge in [0.05, 0.1) is 0 Å². The van der Waals surface area contributed by atoms with Gasteiger partial charge < -0.3 is 4.74 Å². The number of fused-ring (bicyclic) bond motifs is 4. The summed E-state index contributed by atoms with van der Waals surface area (Å²) < 4.78 is 5.51. The zero-order valence-electron chi connectivity index (χ0n) is 15.4. The fourth-order valence-electron chi connectivity index (χ4n) is 7.03. The van der Waals surface area contributed by atoms with Crippen LogP contribution in [-0.4, -0.2) is 17.9 Å². The molecule has 0 aromatic carbocycles. The number of hydrogen-bond donors (Lipinski definition) is 0. The van der Waals surface area contributed by atoms with Crippen molar-refractivity contribution in [3.63, 3.8) is 0 Å². The molecule has 24 heavy (non-hydrogen) atoms. The maximum absolute atomic E-state index is 12.6. The molecule has 0 aliphatic heterocycles. The van der Waals surface area contributed by atoms with Gasteiger partial charge >= 0.3 is 5.97 Å². The Hall–Kier alpha value is -0.860. The predicted octanol–water partition coefficient (Wildman–Crippen LogP) is 4.39. The van der Waals surface area contributed by atoms with Crippen molar-refractivity contribution in [3.05, 3.63) is 0 Å². The first kappa shape index (κ1) is 16.6. The Labute approximate surface area is 145 Å². The fourth-order valence-corrected chi connectivity index (χ4v) is 7.03. The second kappa shape index (κ2) is 5.85. The number of esters is 1. The smallest absolute Gasteiger partial charge is 0.303 e. The Bertz CT molecular complexity index is 541. The van der Waals surface area contributed by atoms with Crippen LogP contribution in [0.25, 0.3) is 0 Å². The summed E-state index contributed by atoms with van der Waals surface area (Å²) >= 11 is 0. The summed E-state index contributed by atoms with van der Waals surface area (Å²) in [7, 11) is 0. The molecule has 3 heteroatoms. The first-order chi connectivity index (χ1) is 11.4. The highest BCUT2D eigenvalue weighted by molar-refractivity contribution is 5.89. The molecule has 0 N–H and O–H groups in total. The molecule has 4 rings (SSSR count). The summed E-state index contributed by atoms with van der Waals surface area (Å²) in [6, 6.07) is 0. The Kier molecular flexibility index (Phi) is 4.04. The van der Waals surface area contributed by atoms with Crippen molar-refractivity contribution < 1.29 is 14.3 Å². The first-order valence-electron chi connectivity index (χ1n) is 10.1. The minimum Gasteiger partial charge on any atom is -0.454 e. The molecule has 0 radical (unpaired) electrons. The van der Waals surface area contributed by atoms with Crippen molar-refractivity contribution in [2.24, 2.45) is 40.9 Å². The number of hydrogen-bond acceptors (Lipinski definition) is 3. The standard InChI is InChI=1S/C21H32O3/c1-12-4-5-14-10-17-15(9-16(14)8-12)6-7-21(3)18(17)11-19(23)20(21)24-13(2)22/h12,14-18,20H,4-11H2,1-3H3/t12?,14-,15+,16?,17+,18-,20-,21-/m1/s1. The van der Waals surface area contributed by atoms with Crippen LogP contribution < -0.4 is 0 Å². The quantitative estimate of drug-likeness (QED) is 0.669. The van der Waals surface area contributed by atoms with Gasteiger partial charge in [0.1, 0.15) is 0 Å². The maximum atomic E-state index is 12.6. The molecule has 0 aromatic heterocycles. The van der Waals surface area contributed by atoms with E-state index in [4.69, 9.17) is 4.74 Å². The van der Waals surface area contributed by atoms with Gasteiger partial charge in [-0.15, -0.1) is 0 Å². The lowest BCUT2D eigenvalue weighted by atomic mass is 9.51. The molecule has 0 amide bonds. The third-order valence-corrected chi connectivity index (χ3v) is 8.20. The van der Waals surface area contributed by atoms with Gasteiger partial charge in [-0.05, 0) is 74.0 Å². The lowest BCUT2D eigenvalue weighted by molar-refractivity contribution is -0.161. The van der Waals surface area contributed by atoms with Crippen molar-refractivity contribution >= 4 is 11.8 Å². The van der Waals surface area contributed by atoms with Gasteiger partial charge in [-0.2, -0.15) is 0 Å². The van der Waals surface area contributed by atoms with Gasteiger partial charge in [-0.1, -0.05) is 20.3 Å². The van der Waals surface area contributed by atoms with Gasteiger partial charge in [0.25, 0.3) is 0 Å². The summed E-state index contributed by atoms with van der Waals surface area (Å²) in [5.74, 6) is 4.52. The normalized spacial score (nSPS) is 50.6.